The van der Waals surface area contributed by atoms with E-state index in [2.05, 4.69) is 4.98 Å². The average Bonchev–Trinajstić information content (AvgIpc) is 2.29. The number of hydrogen-bond donors (Lipinski definition) is 1. The summed E-state index contributed by atoms with van der Waals surface area (Å²) >= 11 is 0. The summed E-state index contributed by atoms with van der Waals surface area (Å²) in [4.78, 5) is 15.9. The van der Waals surface area contributed by atoms with E-state index in [-0.39, 0.29) is 17.5 Å². The summed E-state index contributed by atoms with van der Waals surface area (Å²) in [5, 5.41) is 9.32. The summed E-state index contributed by atoms with van der Waals surface area (Å²) in [6.45, 7) is 1.96. The van der Waals surface area contributed by atoms with Crippen molar-refractivity contribution in [2.24, 2.45) is 0 Å². The highest BCUT2D eigenvalue weighted by Gasteiger charge is 2.19. The van der Waals surface area contributed by atoms with Gasteiger partial charge in [0.2, 0.25) is 5.88 Å². The second-order valence-electron chi connectivity index (χ2n) is 4.38. The lowest BCUT2D eigenvalue weighted by molar-refractivity contribution is 0.330. The number of aromatic nitrogens is 2. The fourth-order valence-electron chi connectivity index (χ4n) is 2.50. The van der Waals surface area contributed by atoms with Gasteiger partial charge in [-0.1, -0.05) is 26.2 Å². The van der Waals surface area contributed by atoms with Gasteiger partial charge in [-0.25, -0.2) is 4.98 Å². The first-order valence-corrected chi connectivity index (χ1v) is 6.03. The van der Waals surface area contributed by atoms with Crippen molar-refractivity contribution < 1.29 is 5.11 Å². The van der Waals surface area contributed by atoms with E-state index in [4.69, 9.17) is 0 Å². The van der Waals surface area contributed by atoms with Gasteiger partial charge in [-0.3, -0.25) is 9.36 Å². The van der Waals surface area contributed by atoms with Crippen LogP contribution in [0.1, 0.15) is 50.9 Å². The number of aryl methyl sites for hydroxylation is 1. The molecule has 0 aromatic carbocycles. The SMILES string of the molecule is CCc1nc(O)cc(=O)n1C1CCCCC1. The Kier molecular flexibility index (Phi) is 3.27. The highest BCUT2D eigenvalue weighted by Crippen LogP contribution is 2.27. The van der Waals surface area contributed by atoms with E-state index in [9.17, 15) is 9.90 Å². The van der Waals surface area contributed by atoms with Crippen LogP contribution in [0.3, 0.4) is 0 Å². The molecule has 1 aliphatic carbocycles. The lowest BCUT2D eigenvalue weighted by atomic mass is 9.95. The molecule has 1 saturated carbocycles. The number of rotatable bonds is 2. The van der Waals surface area contributed by atoms with Crippen molar-refractivity contribution >= 4 is 0 Å². The molecule has 0 aliphatic heterocycles. The first kappa shape index (κ1) is 11.2. The summed E-state index contributed by atoms with van der Waals surface area (Å²) in [7, 11) is 0. The molecule has 1 aliphatic rings. The predicted molar refractivity (Wildman–Crippen MR) is 61.7 cm³/mol. The van der Waals surface area contributed by atoms with Gasteiger partial charge in [-0.2, -0.15) is 0 Å². The average molecular weight is 222 g/mol. The molecule has 1 aromatic rings. The molecule has 0 bridgehead atoms. The van der Waals surface area contributed by atoms with Gasteiger partial charge >= 0.3 is 0 Å². The summed E-state index contributed by atoms with van der Waals surface area (Å²) in [6, 6.07) is 1.50. The molecular formula is C12H18N2O2. The van der Waals surface area contributed by atoms with E-state index < -0.39 is 0 Å². The third-order valence-corrected chi connectivity index (χ3v) is 3.27. The maximum atomic E-state index is 11.9. The zero-order valence-corrected chi connectivity index (χ0v) is 9.65. The zero-order chi connectivity index (χ0) is 11.5. The van der Waals surface area contributed by atoms with Gasteiger partial charge in [0.15, 0.2) is 0 Å². The third kappa shape index (κ3) is 2.10. The van der Waals surface area contributed by atoms with Gasteiger partial charge in [-0.15, -0.1) is 0 Å². The van der Waals surface area contributed by atoms with Crippen LogP contribution in [0.15, 0.2) is 10.9 Å². The zero-order valence-electron chi connectivity index (χ0n) is 9.65. The van der Waals surface area contributed by atoms with Gasteiger partial charge in [0.05, 0.1) is 6.07 Å². The fraction of sp³-hybridized carbons (Fsp3) is 0.667. The standard InChI is InChI=1S/C12H18N2O2/c1-2-10-13-11(15)8-12(16)14(10)9-6-4-3-5-7-9/h8-9,15H,2-7H2,1H3. The molecule has 0 unspecified atom stereocenters. The van der Waals surface area contributed by atoms with Crippen LogP contribution in [0.5, 0.6) is 5.88 Å². The Bertz CT molecular complexity index is 420. The number of nitrogens with zero attached hydrogens (tertiary/aromatic N) is 2. The molecular weight excluding hydrogens is 204 g/mol. The van der Waals surface area contributed by atoms with Crippen molar-refractivity contribution in [2.75, 3.05) is 0 Å². The fourth-order valence-corrected chi connectivity index (χ4v) is 2.50. The van der Waals surface area contributed by atoms with Crippen LogP contribution in [-0.2, 0) is 6.42 Å². The van der Waals surface area contributed by atoms with Crippen molar-refractivity contribution in [3.05, 3.63) is 22.2 Å². The molecule has 1 fully saturated rings. The Morgan fingerprint density at radius 2 is 2.12 bits per heavy atom. The molecule has 16 heavy (non-hydrogen) atoms. The van der Waals surface area contributed by atoms with E-state index in [1.54, 1.807) is 4.57 Å². The van der Waals surface area contributed by atoms with E-state index >= 15 is 0 Å². The van der Waals surface area contributed by atoms with Crippen molar-refractivity contribution in [1.29, 1.82) is 0 Å². The molecule has 1 N–H and O–H groups in total. The van der Waals surface area contributed by atoms with Crippen LogP contribution >= 0.6 is 0 Å². The summed E-state index contributed by atoms with van der Waals surface area (Å²) in [6.07, 6.45) is 6.42. The summed E-state index contributed by atoms with van der Waals surface area (Å²) < 4.78 is 1.78. The van der Waals surface area contributed by atoms with Crippen LogP contribution in [0.4, 0.5) is 0 Å². The molecule has 1 heterocycles. The maximum Gasteiger partial charge on any atom is 0.257 e. The van der Waals surface area contributed by atoms with Crippen molar-refractivity contribution in [1.82, 2.24) is 9.55 Å². The van der Waals surface area contributed by atoms with E-state index in [0.717, 1.165) is 12.8 Å². The van der Waals surface area contributed by atoms with E-state index in [1.807, 2.05) is 6.92 Å². The normalized spacial score (nSPS) is 17.6. The Hall–Kier alpha value is -1.32. The van der Waals surface area contributed by atoms with Gasteiger partial charge in [-0.05, 0) is 12.8 Å². The number of aromatic hydroxyl groups is 1. The highest BCUT2D eigenvalue weighted by molar-refractivity contribution is 5.09. The minimum absolute atomic E-state index is 0.115. The van der Waals surface area contributed by atoms with Crippen LogP contribution < -0.4 is 5.56 Å². The molecule has 0 radical (unpaired) electrons. The Morgan fingerprint density at radius 3 is 2.75 bits per heavy atom. The lowest BCUT2D eigenvalue weighted by Crippen LogP contribution is -2.29. The molecule has 0 atom stereocenters. The van der Waals surface area contributed by atoms with Crippen LogP contribution in [0.25, 0.3) is 0 Å². The molecule has 4 heteroatoms. The molecule has 4 nitrogen and oxygen atoms in total. The van der Waals surface area contributed by atoms with Crippen LogP contribution in [0.2, 0.25) is 0 Å². The van der Waals surface area contributed by atoms with Gasteiger partial charge in [0, 0.05) is 12.5 Å². The third-order valence-electron chi connectivity index (χ3n) is 3.27. The monoisotopic (exact) mass is 222 g/mol. The quantitative estimate of drug-likeness (QED) is 0.832. The Labute approximate surface area is 95.0 Å². The number of hydrogen-bond acceptors (Lipinski definition) is 3. The van der Waals surface area contributed by atoms with E-state index in [0.29, 0.717) is 12.2 Å². The second-order valence-corrected chi connectivity index (χ2v) is 4.38. The molecule has 88 valence electrons. The Balaban J connectivity index is 2.41. The molecule has 2 rings (SSSR count). The van der Waals surface area contributed by atoms with Crippen LogP contribution in [0, 0.1) is 0 Å². The van der Waals surface area contributed by atoms with E-state index in [1.165, 1.54) is 25.3 Å². The molecule has 1 aromatic heterocycles. The highest BCUT2D eigenvalue weighted by atomic mass is 16.3. The van der Waals surface area contributed by atoms with Crippen molar-refractivity contribution in [3.63, 3.8) is 0 Å². The first-order chi connectivity index (χ1) is 7.72. The van der Waals surface area contributed by atoms with Gasteiger partial charge < -0.3 is 5.11 Å². The second kappa shape index (κ2) is 4.68. The maximum absolute atomic E-state index is 11.9. The molecule has 0 amide bonds. The minimum atomic E-state index is -0.158. The van der Waals surface area contributed by atoms with Crippen molar-refractivity contribution in [3.8, 4) is 5.88 Å². The Morgan fingerprint density at radius 1 is 1.44 bits per heavy atom. The summed E-state index contributed by atoms with van der Waals surface area (Å²) in [5.74, 6) is 0.547. The summed E-state index contributed by atoms with van der Waals surface area (Å²) in [5.41, 5.74) is -0.115. The first-order valence-electron chi connectivity index (χ1n) is 6.03. The molecule has 0 spiro atoms. The van der Waals surface area contributed by atoms with Crippen molar-refractivity contribution in [2.45, 2.75) is 51.5 Å². The smallest absolute Gasteiger partial charge is 0.257 e. The largest absolute Gasteiger partial charge is 0.493 e. The topological polar surface area (TPSA) is 55.1 Å². The predicted octanol–water partition coefficient (Wildman–Crippen LogP) is 2.02. The van der Waals surface area contributed by atoms with Gasteiger partial charge in [0.25, 0.3) is 5.56 Å². The van der Waals surface area contributed by atoms with Crippen LogP contribution in [-0.4, -0.2) is 14.7 Å². The lowest BCUT2D eigenvalue weighted by Gasteiger charge is -2.25. The minimum Gasteiger partial charge on any atom is -0.493 e. The van der Waals surface area contributed by atoms with Gasteiger partial charge in [0.1, 0.15) is 5.82 Å². The molecule has 0 saturated heterocycles.